The van der Waals surface area contributed by atoms with E-state index in [0.29, 0.717) is 10.7 Å². The molecule has 0 aliphatic rings. The van der Waals surface area contributed by atoms with Gasteiger partial charge in [-0.05, 0) is 32.1 Å². The van der Waals surface area contributed by atoms with Gasteiger partial charge in [-0.3, -0.25) is 0 Å². The fourth-order valence-electron chi connectivity index (χ4n) is 0.499. The Kier molecular flexibility index (Phi) is 5.49. The van der Waals surface area contributed by atoms with E-state index in [9.17, 15) is 0 Å². The highest BCUT2D eigenvalue weighted by Crippen LogP contribution is 2.02. The molecule has 0 spiro atoms. The van der Waals surface area contributed by atoms with Crippen molar-refractivity contribution >= 4 is 17.3 Å². The van der Waals surface area contributed by atoms with Crippen molar-refractivity contribution in [3.05, 3.63) is 35.4 Å². The van der Waals surface area contributed by atoms with Crippen LogP contribution >= 0.6 is 11.6 Å². The number of halogens is 1. The lowest BCUT2D eigenvalue weighted by atomic mass is 10.3. The van der Waals surface area contributed by atoms with Crippen molar-refractivity contribution in [1.29, 1.82) is 5.41 Å². The van der Waals surface area contributed by atoms with Gasteiger partial charge in [0.05, 0.1) is 0 Å². The van der Waals surface area contributed by atoms with Crippen LogP contribution in [0.5, 0.6) is 0 Å². The van der Waals surface area contributed by atoms with Crippen LogP contribution < -0.4 is 0 Å². The van der Waals surface area contributed by atoms with Gasteiger partial charge in [-0.25, -0.2) is 0 Å². The second-order valence-electron chi connectivity index (χ2n) is 2.09. The van der Waals surface area contributed by atoms with Crippen molar-refractivity contribution in [1.82, 2.24) is 0 Å². The zero-order valence-corrected chi connectivity index (χ0v) is 7.52. The Morgan fingerprint density at radius 2 is 2.00 bits per heavy atom. The van der Waals surface area contributed by atoms with Crippen LogP contribution in [0, 0.1) is 5.41 Å². The van der Waals surface area contributed by atoms with Gasteiger partial charge in [-0.15, -0.1) is 0 Å². The van der Waals surface area contributed by atoms with Gasteiger partial charge in [0, 0.05) is 10.7 Å². The quantitative estimate of drug-likeness (QED) is 0.495. The van der Waals surface area contributed by atoms with Gasteiger partial charge in [0.15, 0.2) is 0 Å². The third-order valence-corrected chi connectivity index (χ3v) is 1.18. The monoisotopic (exact) mass is 169 g/mol. The normalized spacial score (nSPS) is 13.2. The molecule has 0 atom stereocenters. The molecule has 0 aromatic carbocycles. The predicted molar refractivity (Wildman–Crippen MR) is 51.3 cm³/mol. The second-order valence-corrected chi connectivity index (χ2v) is 2.53. The first-order valence-corrected chi connectivity index (χ1v) is 3.76. The average molecular weight is 170 g/mol. The van der Waals surface area contributed by atoms with Crippen molar-refractivity contribution < 1.29 is 0 Å². The topological polar surface area (TPSA) is 23.9 Å². The summed E-state index contributed by atoms with van der Waals surface area (Å²) >= 11 is 5.72. The Morgan fingerprint density at radius 3 is 2.45 bits per heavy atom. The Balaban J connectivity index is 4.01. The molecule has 0 unspecified atom stereocenters. The Labute approximate surface area is 72.6 Å². The van der Waals surface area contributed by atoms with E-state index in [4.69, 9.17) is 17.0 Å². The summed E-state index contributed by atoms with van der Waals surface area (Å²) in [7, 11) is 0. The van der Waals surface area contributed by atoms with Crippen LogP contribution in [0.3, 0.4) is 0 Å². The molecule has 0 aliphatic carbocycles. The van der Waals surface area contributed by atoms with Crippen molar-refractivity contribution in [2.24, 2.45) is 0 Å². The number of hydrogen-bond donors (Lipinski definition) is 1. The molecular formula is C9H12ClN. The minimum Gasteiger partial charge on any atom is -0.306 e. The van der Waals surface area contributed by atoms with E-state index in [-0.39, 0.29) is 0 Å². The average Bonchev–Trinajstić information content (AvgIpc) is 1.87. The predicted octanol–water partition coefficient (Wildman–Crippen LogP) is 3.28. The maximum atomic E-state index is 7.06. The van der Waals surface area contributed by atoms with Crippen LogP contribution in [0.4, 0.5) is 0 Å². The highest BCUT2D eigenvalue weighted by molar-refractivity contribution is 6.31. The van der Waals surface area contributed by atoms with Gasteiger partial charge in [0.2, 0.25) is 0 Å². The van der Waals surface area contributed by atoms with E-state index in [1.807, 2.05) is 13.0 Å². The SMILES string of the molecule is C\C=C/C(Cl)=C\C=C\C(C)=N. The molecule has 60 valence electrons. The molecule has 0 heterocycles. The third kappa shape index (κ3) is 7.07. The first kappa shape index (κ1) is 10.2. The standard InChI is InChI=1S/C9H12ClN/c1-3-5-9(10)7-4-6-8(2)11/h3-7,11H,1-2H3/b5-3-,6-4+,9-7+,11-8?. The molecule has 0 saturated heterocycles. The van der Waals surface area contributed by atoms with Gasteiger partial charge < -0.3 is 5.41 Å². The summed E-state index contributed by atoms with van der Waals surface area (Å²) in [5, 5.41) is 7.73. The molecular weight excluding hydrogens is 158 g/mol. The Hall–Kier alpha value is -0.820. The highest BCUT2D eigenvalue weighted by Gasteiger charge is 1.78. The van der Waals surface area contributed by atoms with Crippen LogP contribution in [0.25, 0.3) is 0 Å². The summed E-state index contributed by atoms with van der Waals surface area (Å²) in [5.41, 5.74) is 0.520. The first-order valence-electron chi connectivity index (χ1n) is 3.38. The zero-order chi connectivity index (χ0) is 8.69. The van der Waals surface area contributed by atoms with E-state index < -0.39 is 0 Å². The van der Waals surface area contributed by atoms with E-state index in [2.05, 4.69) is 0 Å². The third-order valence-electron chi connectivity index (χ3n) is 0.928. The van der Waals surface area contributed by atoms with Crippen LogP contribution in [-0.2, 0) is 0 Å². The fraction of sp³-hybridized carbons (Fsp3) is 0.222. The van der Waals surface area contributed by atoms with Gasteiger partial charge >= 0.3 is 0 Å². The lowest BCUT2D eigenvalue weighted by molar-refractivity contribution is 1.50. The molecule has 0 radical (unpaired) electrons. The molecule has 0 bridgehead atoms. The van der Waals surface area contributed by atoms with Crippen molar-refractivity contribution in [2.45, 2.75) is 13.8 Å². The first-order chi connectivity index (χ1) is 5.16. The van der Waals surface area contributed by atoms with Crippen LogP contribution in [0.15, 0.2) is 35.4 Å². The number of hydrogen-bond acceptors (Lipinski definition) is 1. The highest BCUT2D eigenvalue weighted by atomic mass is 35.5. The maximum Gasteiger partial charge on any atom is 0.0402 e. The molecule has 0 fully saturated rings. The second kappa shape index (κ2) is 5.93. The lowest BCUT2D eigenvalue weighted by Crippen LogP contribution is -1.75. The van der Waals surface area contributed by atoms with Gasteiger partial charge in [-0.2, -0.15) is 0 Å². The number of rotatable bonds is 3. The van der Waals surface area contributed by atoms with Crippen molar-refractivity contribution in [2.75, 3.05) is 0 Å². The van der Waals surface area contributed by atoms with Crippen LogP contribution in [-0.4, -0.2) is 5.71 Å². The van der Waals surface area contributed by atoms with Crippen molar-refractivity contribution in [3.8, 4) is 0 Å². The maximum absolute atomic E-state index is 7.06. The summed E-state index contributed by atoms with van der Waals surface area (Å²) < 4.78 is 0. The van der Waals surface area contributed by atoms with Crippen LogP contribution in [0.2, 0.25) is 0 Å². The molecule has 0 aliphatic heterocycles. The molecule has 1 N–H and O–H groups in total. The molecule has 0 rings (SSSR count). The Bertz CT molecular complexity index is 212. The van der Waals surface area contributed by atoms with E-state index in [0.717, 1.165) is 0 Å². The van der Waals surface area contributed by atoms with Crippen LogP contribution in [0.1, 0.15) is 13.8 Å². The Morgan fingerprint density at radius 1 is 1.36 bits per heavy atom. The minimum atomic E-state index is 0.520. The number of nitrogens with one attached hydrogen (secondary N) is 1. The minimum absolute atomic E-state index is 0.520. The summed E-state index contributed by atoms with van der Waals surface area (Å²) in [6.45, 7) is 3.62. The van der Waals surface area contributed by atoms with E-state index in [1.54, 1.807) is 31.2 Å². The van der Waals surface area contributed by atoms with Gasteiger partial charge in [0.25, 0.3) is 0 Å². The largest absolute Gasteiger partial charge is 0.306 e. The molecule has 2 heteroatoms. The summed E-state index contributed by atoms with van der Waals surface area (Å²) in [4.78, 5) is 0. The molecule has 0 aromatic heterocycles. The summed E-state index contributed by atoms with van der Waals surface area (Å²) in [6, 6.07) is 0. The smallest absolute Gasteiger partial charge is 0.0402 e. The molecule has 0 saturated carbocycles. The molecule has 0 amide bonds. The van der Waals surface area contributed by atoms with E-state index in [1.165, 1.54) is 0 Å². The molecule has 11 heavy (non-hydrogen) atoms. The zero-order valence-electron chi connectivity index (χ0n) is 6.76. The summed E-state index contributed by atoms with van der Waals surface area (Å²) in [5.74, 6) is 0. The summed E-state index contributed by atoms with van der Waals surface area (Å²) in [6.07, 6.45) is 8.85. The molecule has 1 nitrogen and oxygen atoms in total. The lowest BCUT2D eigenvalue weighted by Gasteiger charge is -1.83. The van der Waals surface area contributed by atoms with E-state index >= 15 is 0 Å². The van der Waals surface area contributed by atoms with Crippen molar-refractivity contribution in [3.63, 3.8) is 0 Å². The molecule has 0 aromatic rings. The van der Waals surface area contributed by atoms with Gasteiger partial charge in [-0.1, -0.05) is 23.8 Å². The van der Waals surface area contributed by atoms with Gasteiger partial charge in [0.1, 0.15) is 0 Å². The fourth-order valence-corrected chi connectivity index (χ4v) is 0.698. The number of allylic oxidation sites excluding steroid dienone is 6.